The first-order valence-electron chi connectivity index (χ1n) is 5.88. The third-order valence-corrected chi connectivity index (χ3v) is 5.44. The molecule has 0 unspecified atom stereocenters. The van der Waals surface area contributed by atoms with E-state index in [4.69, 9.17) is 5.14 Å². The molecule has 1 aromatic carbocycles. The Morgan fingerprint density at radius 3 is 2.05 bits per heavy atom. The molecule has 9 heteroatoms. The van der Waals surface area contributed by atoms with E-state index in [2.05, 4.69) is 4.72 Å². The van der Waals surface area contributed by atoms with E-state index in [1.54, 1.807) is 13.8 Å². The van der Waals surface area contributed by atoms with E-state index in [9.17, 15) is 16.8 Å². The summed E-state index contributed by atoms with van der Waals surface area (Å²) in [5.74, 6) is 0. The lowest BCUT2D eigenvalue weighted by Gasteiger charge is -2.21. The van der Waals surface area contributed by atoms with Gasteiger partial charge < -0.3 is 0 Å². The van der Waals surface area contributed by atoms with E-state index >= 15 is 0 Å². The number of nitrogens with zero attached hydrogens (tertiary/aromatic N) is 1. The number of hydrogen-bond donors (Lipinski definition) is 2. The number of rotatable bonds is 6. The Kier molecular flexibility index (Phi) is 5.27. The van der Waals surface area contributed by atoms with Crippen LogP contribution in [0.3, 0.4) is 0 Å². The second-order valence-corrected chi connectivity index (χ2v) is 8.00. The molecule has 3 N–H and O–H groups in total. The van der Waals surface area contributed by atoms with Crippen LogP contribution < -0.4 is 9.86 Å². The zero-order chi connectivity index (χ0) is 15.6. The van der Waals surface area contributed by atoms with Gasteiger partial charge in [-0.3, -0.25) is 0 Å². The van der Waals surface area contributed by atoms with Crippen LogP contribution in [-0.2, 0) is 26.8 Å². The third kappa shape index (κ3) is 4.53. The van der Waals surface area contributed by atoms with E-state index in [0.717, 1.165) is 0 Å². The van der Waals surface area contributed by atoms with E-state index in [-0.39, 0.29) is 17.5 Å². The zero-order valence-electron chi connectivity index (χ0n) is 11.6. The molecule has 0 saturated carbocycles. The molecule has 0 aliphatic carbocycles. The summed E-state index contributed by atoms with van der Waals surface area (Å²) in [7, 11) is -5.81. The van der Waals surface area contributed by atoms with Gasteiger partial charge in [0.25, 0.3) is 10.2 Å². The largest absolute Gasteiger partial charge is 0.279 e. The quantitative estimate of drug-likeness (QED) is 0.769. The lowest BCUT2D eigenvalue weighted by Crippen LogP contribution is -2.41. The van der Waals surface area contributed by atoms with Crippen molar-refractivity contribution in [1.82, 2.24) is 9.03 Å². The minimum Gasteiger partial charge on any atom is -0.225 e. The summed E-state index contributed by atoms with van der Waals surface area (Å²) in [6, 6.07) is 5.54. The minimum absolute atomic E-state index is 0.0107. The molecule has 0 aliphatic heterocycles. The highest BCUT2D eigenvalue weighted by Crippen LogP contribution is 2.09. The Hall–Kier alpha value is -1.00. The van der Waals surface area contributed by atoms with Crippen LogP contribution in [0.5, 0.6) is 0 Å². The maximum atomic E-state index is 11.9. The molecule has 20 heavy (non-hydrogen) atoms. The summed E-state index contributed by atoms with van der Waals surface area (Å²) in [5, 5.41) is 4.98. The highest BCUT2D eigenvalue weighted by atomic mass is 32.2. The topological polar surface area (TPSA) is 110 Å². The van der Waals surface area contributed by atoms with Crippen molar-refractivity contribution in [2.24, 2.45) is 5.14 Å². The lowest BCUT2D eigenvalue weighted by molar-refractivity contribution is 0.402. The second-order valence-electron chi connectivity index (χ2n) is 4.63. The van der Waals surface area contributed by atoms with Crippen molar-refractivity contribution in [1.29, 1.82) is 0 Å². The van der Waals surface area contributed by atoms with Crippen molar-refractivity contribution in [3.05, 3.63) is 29.8 Å². The monoisotopic (exact) mass is 321 g/mol. The van der Waals surface area contributed by atoms with Crippen LogP contribution in [0.25, 0.3) is 0 Å². The molecule has 1 aromatic rings. The second kappa shape index (κ2) is 6.19. The number of primary sulfonamides is 1. The van der Waals surface area contributed by atoms with Crippen LogP contribution in [0.4, 0.5) is 0 Å². The van der Waals surface area contributed by atoms with Gasteiger partial charge in [0.2, 0.25) is 10.0 Å². The summed E-state index contributed by atoms with van der Waals surface area (Å²) in [6.07, 6.45) is 0. The van der Waals surface area contributed by atoms with Crippen molar-refractivity contribution in [2.75, 3.05) is 7.05 Å². The third-order valence-electron chi connectivity index (χ3n) is 2.82. The SMILES string of the molecule is CC(C)N(C)S(=O)(=O)NCc1ccc(S(N)(=O)=O)cc1. The Morgan fingerprint density at radius 2 is 1.65 bits per heavy atom. The molecular formula is C11H19N3O4S2. The molecule has 0 aliphatic rings. The molecule has 0 radical (unpaired) electrons. The zero-order valence-corrected chi connectivity index (χ0v) is 13.2. The molecule has 1 rings (SSSR count). The Labute approximate surface area is 120 Å². The average Bonchev–Trinajstić information content (AvgIpc) is 2.35. The molecular weight excluding hydrogens is 302 g/mol. The minimum atomic E-state index is -3.73. The van der Waals surface area contributed by atoms with Crippen LogP contribution in [-0.4, -0.2) is 34.2 Å². The smallest absolute Gasteiger partial charge is 0.225 e. The molecule has 0 saturated heterocycles. The molecule has 114 valence electrons. The fourth-order valence-corrected chi connectivity index (χ4v) is 2.97. The molecule has 0 atom stereocenters. The summed E-state index contributed by atoms with van der Waals surface area (Å²) in [6.45, 7) is 3.60. The fourth-order valence-electron chi connectivity index (χ4n) is 1.35. The summed E-state index contributed by atoms with van der Waals surface area (Å²) >= 11 is 0. The van der Waals surface area contributed by atoms with Gasteiger partial charge in [0.15, 0.2) is 0 Å². The molecule has 7 nitrogen and oxygen atoms in total. The van der Waals surface area contributed by atoms with E-state index in [1.165, 1.54) is 35.6 Å². The van der Waals surface area contributed by atoms with Gasteiger partial charge in [-0.2, -0.15) is 17.4 Å². The Bertz CT molecular complexity index is 651. The normalized spacial score (nSPS) is 13.1. The number of sulfonamides is 1. The van der Waals surface area contributed by atoms with Gasteiger partial charge in [-0.15, -0.1) is 0 Å². The first-order chi connectivity index (χ1) is 9.04. The first kappa shape index (κ1) is 17.1. The highest BCUT2D eigenvalue weighted by Gasteiger charge is 2.19. The maximum Gasteiger partial charge on any atom is 0.279 e. The Balaban J connectivity index is 2.77. The average molecular weight is 321 g/mol. The van der Waals surface area contributed by atoms with E-state index < -0.39 is 20.2 Å². The number of hydrogen-bond acceptors (Lipinski definition) is 4. The molecule has 0 amide bonds. The maximum absolute atomic E-state index is 11.9. The van der Waals surface area contributed by atoms with Crippen molar-refractivity contribution < 1.29 is 16.8 Å². The summed E-state index contributed by atoms with van der Waals surface area (Å²) in [5.41, 5.74) is 0.637. The van der Waals surface area contributed by atoms with Crippen LogP contribution in [0.15, 0.2) is 29.2 Å². The fraction of sp³-hybridized carbons (Fsp3) is 0.455. The molecule has 0 aromatic heterocycles. The van der Waals surface area contributed by atoms with Gasteiger partial charge in [0.05, 0.1) is 4.90 Å². The number of nitrogens with one attached hydrogen (secondary N) is 1. The highest BCUT2D eigenvalue weighted by molar-refractivity contribution is 7.89. The lowest BCUT2D eigenvalue weighted by atomic mass is 10.2. The van der Waals surface area contributed by atoms with Gasteiger partial charge in [-0.25, -0.2) is 13.6 Å². The summed E-state index contributed by atoms with van der Waals surface area (Å²) in [4.78, 5) is -0.0107. The molecule has 0 spiro atoms. The van der Waals surface area contributed by atoms with Gasteiger partial charge >= 0.3 is 0 Å². The van der Waals surface area contributed by atoms with Gasteiger partial charge in [-0.1, -0.05) is 12.1 Å². The van der Waals surface area contributed by atoms with E-state index in [1.807, 2.05) is 0 Å². The molecule has 0 fully saturated rings. The van der Waals surface area contributed by atoms with Crippen molar-refractivity contribution in [2.45, 2.75) is 31.3 Å². The van der Waals surface area contributed by atoms with Crippen LogP contribution in [0.2, 0.25) is 0 Å². The number of benzene rings is 1. The predicted molar refractivity (Wildman–Crippen MR) is 76.5 cm³/mol. The van der Waals surface area contributed by atoms with Gasteiger partial charge in [-0.05, 0) is 31.5 Å². The molecule has 0 heterocycles. The predicted octanol–water partition coefficient (Wildman–Crippen LogP) is 0.00860. The first-order valence-corrected chi connectivity index (χ1v) is 8.87. The van der Waals surface area contributed by atoms with Crippen LogP contribution >= 0.6 is 0 Å². The standard InChI is InChI=1S/C11H19N3O4S2/c1-9(2)14(3)20(17,18)13-8-10-4-6-11(7-5-10)19(12,15)16/h4-7,9,13H,8H2,1-3H3,(H2,12,15,16). The Morgan fingerprint density at radius 1 is 1.15 bits per heavy atom. The van der Waals surface area contributed by atoms with Gasteiger partial charge in [0, 0.05) is 19.6 Å². The summed E-state index contributed by atoms with van der Waals surface area (Å²) < 4.78 is 49.6. The van der Waals surface area contributed by atoms with Crippen molar-refractivity contribution >= 4 is 20.2 Å². The van der Waals surface area contributed by atoms with Crippen molar-refractivity contribution in [3.8, 4) is 0 Å². The molecule has 0 bridgehead atoms. The van der Waals surface area contributed by atoms with Crippen molar-refractivity contribution in [3.63, 3.8) is 0 Å². The number of nitrogens with two attached hydrogens (primary N) is 1. The van der Waals surface area contributed by atoms with E-state index in [0.29, 0.717) is 5.56 Å². The van der Waals surface area contributed by atoms with Gasteiger partial charge in [0.1, 0.15) is 0 Å². The van der Waals surface area contributed by atoms with Crippen LogP contribution in [0, 0.1) is 0 Å². The van der Waals surface area contributed by atoms with Crippen LogP contribution in [0.1, 0.15) is 19.4 Å².